The van der Waals surface area contributed by atoms with Crippen molar-refractivity contribution in [3.63, 3.8) is 0 Å². The molecule has 1 aliphatic heterocycles. The fraction of sp³-hybridized carbons (Fsp3) is 0.300. The lowest BCUT2D eigenvalue weighted by Gasteiger charge is -2.17. The Balaban J connectivity index is 1.39. The minimum Gasteiger partial charge on any atom is -0.489 e. The lowest BCUT2D eigenvalue weighted by atomic mass is 10.2. The van der Waals surface area contributed by atoms with Gasteiger partial charge in [-0.2, -0.15) is 9.29 Å². The smallest absolute Gasteiger partial charge is 0.252 e. The van der Waals surface area contributed by atoms with Gasteiger partial charge < -0.3 is 14.0 Å². The molecular weight excluding hydrogens is 413 g/mol. The second-order valence-corrected chi connectivity index (χ2v) is 8.75. The van der Waals surface area contributed by atoms with E-state index in [4.69, 9.17) is 14.0 Å². The van der Waals surface area contributed by atoms with Crippen LogP contribution in [-0.2, 0) is 21.4 Å². The average Bonchev–Trinajstić information content (AvgIpc) is 3.40. The van der Waals surface area contributed by atoms with Gasteiger partial charge in [0.1, 0.15) is 24.3 Å². The van der Waals surface area contributed by atoms with E-state index >= 15 is 0 Å². The van der Waals surface area contributed by atoms with Crippen molar-refractivity contribution in [1.29, 1.82) is 0 Å². The van der Waals surface area contributed by atoms with Gasteiger partial charge in [-0.3, -0.25) is 0 Å². The molecular formula is C20H20FN3O5S. The van der Waals surface area contributed by atoms with E-state index in [1.807, 2.05) is 0 Å². The molecule has 2 heterocycles. The Kier molecular flexibility index (Phi) is 5.80. The fourth-order valence-corrected chi connectivity index (χ4v) is 4.68. The Labute approximate surface area is 173 Å². The molecule has 1 unspecified atom stereocenters. The van der Waals surface area contributed by atoms with Crippen molar-refractivity contribution in [2.75, 3.05) is 20.2 Å². The molecule has 10 heteroatoms. The molecule has 8 nitrogen and oxygen atoms in total. The summed E-state index contributed by atoms with van der Waals surface area (Å²) < 4.78 is 55.8. The first-order valence-electron chi connectivity index (χ1n) is 9.30. The predicted octanol–water partition coefficient (Wildman–Crippen LogP) is 2.86. The minimum absolute atomic E-state index is 0.0712. The molecule has 1 aliphatic rings. The van der Waals surface area contributed by atoms with Crippen LogP contribution in [0.5, 0.6) is 5.75 Å². The molecule has 0 bridgehead atoms. The second-order valence-electron chi connectivity index (χ2n) is 6.81. The quantitative estimate of drug-likeness (QED) is 0.565. The number of benzene rings is 2. The number of nitrogens with zero attached hydrogens (tertiary/aromatic N) is 3. The fourth-order valence-electron chi connectivity index (χ4n) is 3.20. The van der Waals surface area contributed by atoms with Gasteiger partial charge in [-0.1, -0.05) is 5.16 Å². The van der Waals surface area contributed by atoms with Crippen LogP contribution in [0.4, 0.5) is 4.39 Å². The van der Waals surface area contributed by atoms with Gasteiger partial charge in [-0.15, -0.1) is 0 Å². The first-order valence-corrected chi connectivity index (χ1v) is 10.7. The molecule has 30 heavy (non-hydrogen) atoms. The van der Waals surface area contributed by atoms with E-state index in [1.165, 1.54) is 16.4 Å². The number of halogens is 1. The summed E-state index contributed by atoms with van der Waals surface area (Å²) in [5.74, 6) is 0.980. The number of hydrogen-bond donors (Lipinski definition) is 0. The molecule has 1 fully saturated rings. The highest BCUT2D eigenvalue weighted by atomic mass is 32.2. The van der Waals surface area contributed by atoms with Crippen LogP contribution < -0.4 is 4.74 Å². The topological polar surface area (TPSA) is 94.8 Å². The van der Waals surface area contributed by atoms with Gasteiger partial charge in [0, 0.05) is 19.2 Å². The van der Waals surface area contributed by atoms with Gasteiger partial charge in [-0.05, 0) is 55.0 Å². The highest BCUT2D eigenvalue weighted by Gasteiger charge is 2.33. The van der Waals surface area contributed by atoms with Crippen LogP contribution >= 0.6 is 0 Å². The van der Waals surface area contributed by atoms with Gasteiger partial charge in [0.25, 0.3) is 5.89 Å². The first kappa shape index (κ1) is 20.5. The molecule has 0 aliphatic carbocycles. The highest BCUT2D eigenvalue weighted by molar-refractivity contribution is 7.89. The number of aromatic nitrogens is 2. The number of rotatable bonds is 7. The second kappa shape index (κ2) is 8.50. The summed E-state index contributed by atoms with van der Waals surface area (Å²) in [6, 6.07) is 12.0. The summed E-state index contributed by atoms with van der Waals surface area (Å²) in [4.78, 5) is 4.31. The standard InChI is InChI=1S/C20H20FN3O5S/c1-27-13-19-22-20(23-29-19)14-2-6-16(7-3-14)28-17-10-11-24(12-17)30(25,26)18-8-4-15(21)5-9-18/h2-9,17H,10-13H2,1H3. The maximum absolute atomic E-state index is 13.1. The zero-order valence-electron chi connectivity index (χ0n) is 16.2. The summed E-state index contributed by atoms with van der Waals surface area (Å²) in [6.45, 7) is 0.813. The van der Waals surface area contributed by atoms with Crippen LogP contribution in [0.25, 0.3) is 11.4 Å². The Morgan fingerprint density at radius 3 is 2.60 bits per heavy atom. The predicted molar refractivity (Wildman–Crippen MR) is 105 cm³/mol. The Hall–Kier alpha value is -2.82. The van der Waals surface area contributed by atoms with E-state index in [1.54, 1.807) is 31.4 Å². The molecule has 4 rings (SSSR count). The van der Waals surface area contributed by atoms with Gasteiger partial charge >= 0.3 is 0 Å². The van der Waals surface area contributed by atoms with Crippen molar-refractivity contribution in [3.05, 3.63) is 60.2 Å². The van der Waals surface area contributed by atoms with Crippen molar-refractivity contribution in [1.82, 2.24) is 14.4 Å². The molecule has 0 amide bonds. The van der Waals surface area contributed by atoms with E-state index in [9.17, 15) is 12.8 Å². The van der Waals surface area contributed by atoms with Crippen molar-refractivity contribution >= 4 is 10.0 Å². The summed E-state index contributed by atoms with van der Waals surface area (Å²) in [5.41, 5.74) is 0.764. The van der Waals surface area contributed by atoms with Crippen LogP contribution in [-0.4, -0.2) is 49.2 Å². The molecule has 0 N–H and O–H groups in total. The largest absolute Gasteiger partial charge is 0.489 e. The number of ether oxygens (including phenoxy) is 2. The molecule has 1 saturated heterocycles. The summed E-state index contributed by atoms with van der Waals surface area (Å²) in [7, 11) is -2.13. The van der Waals surface area contributed by atoms with Crippen molar-refractivity contribution in [2.45, 2.75) is 24.0 Å². The molecule has 2 aromatic carbocycles. The minimum atomic E-state index is -3.68. The number of sulfonamides is 1. The normalized spacial score (nSPS) is 17.3. The zero-order valence-corrected chi connectivity index (χ0v) is 17.0. The molecule has 0 radical (unpaired) electrons. The monoisotopic (exact) mass is 433 g/mol. The van der Waals surface area contributed by atoms with Crippen LogP contribution in [0.1, 0.15) is 12.3 Å². The Bertz CT molecular complexity index is 1100. The third kappa shape index (κ3) is 4.35. The van der Waals surface area contributed by atoms with E-state index in [2.05, 4.69) is 10.1 Å². The summed E-state index contributed by atoms with van der Waals surface area (Å²) in [6.07, 6.45) is 0.289. The van der Waals surface area contributed by atoms with Crippen molar-refractivity contribution in [2.24, 2.45) is 0 Å². The van der Waals surface area contributed by atoms with Gasteiger partial charge in [0.15, 0.2) is 0 Å². The van der Waals surface area contributed by atoms with Gasteiger partial charge in [-0.25, -0.2) is 12.8 Å². The maximum Gasteiger partial charge on any atom is 0.252 e. The van der Waals surface area contributed by atoms with Crippen LogP contribution in [0.2, 0.25) is 0 Å². The molecule has 1 aromatic heterocycles. The Morgan fingerprint density at radius 1 is 1.17 bits per heavy atom. The Morgan fingerprint density at radius 2 is 1.90 bits per heavy atom. The average molecular weight is 433 g/mol. The van der Waals surface area contributed by atoms with Gasteiger partial charge in [0.05, 0.1) is 11.4 Å². The third-order valence-corrected chi connectivity index (χ3v) is 6.59. The number of hydrogen-bond acceptors (Lipinski definition) is 7. The SMILES string of the molecule is COCc1nc(-c2ccc(OC3CCN(S(=O)(=O)c4ccc(F)cc4)C3)cc2)no1. The van der Waals surface area contributed by atoms with Gasteiger partial charge in [0.2, 0.25) is 15.8 Å². The van der Waals surface area contributed by atoms with E-state index in [-0.39, 0.29) is 24.2 Å². The first-order chi connectivity index (χ1) is 14.5. The van der Waals surface area contributed by atoms with E-state index in [0.29, 0.717) is 30.4 Å². The summed E-state index contributed by atoms with van der Waals surface area (Å²) in [5, 5.41) is 3.91. The van der Waals surface area contributed by atoms with Crippen LogP contribution in [0.15, 0.2) is 57.9 Å². The van der Waals surface area contributed by atoms with Crippen molar-refractivity contribution < 1.29 is 26.8 Å². The van der Waals surface area contributed by atoms with Crippen LogP contribution in [0.3, 0.4) is 0 Å². The van der Waals surface area contributed by atoms with Crippen molar-refractivity contribution in [3.8, 4) is 17.1 Å². The maximum atomic E-state index is 13.1. The van der Waals surface area contributed by atoms with Crippen LogP contribution in [0, 0.1) is 5.82 Å². The lowest BCUT2D eigenvalue weighted by molar-refractivity contribution is 0.151. The van der Waals surface area contributed by atoms with E-state index in [0.717, 1.165) is 17.7 Å². The molecule has 158 valence electrons. The molecule has 0 saturated carbocycles. The lowest BCUT2D eigenvalue weighted by Crippen LogP contribution is -2.31. The van der Waals surface area contributed by atoms with E-state index < -0.39 is 15.8 Å². The zero-order chi connectivity index (χ0) is 21.1. The summed E-state index contributed by atoms with van der Waals surface area (Å²) >= 11 is 0. The highest BCUT2D eigenvalue weighted by Crippen LogP contribution is 2.26. The third-order valence-electron chi connectivity index (χ3n) is 4.71. The molecule has 3 aromatic rings. The number of methoxy groups -OCH3 is 1. The molecule has 0 spiro atoms. The molecule has 1 atom stereocenters.